The minimum absolute atomic E-state index is 0.828. The van der Waals surface area contributed by atoms with Crippen molar-refractivity contribution in [3.63, 3.8) is 0 Å². The summed E-state index contributed by atoms with van der Waals surface area (Å²) in [6, 6.07) is 1.75. The van der Waals surface area contributed by atoms with E-state index in [0.29, 0.717) is 0 Å². The van der Waals surface area contributed by atoms with E-state index in [0.717, 1.165) is 18.0 Å². The third kappa shape index (κ3) is 2.85. The van der Waals surface area contributed by atoms with Crippen LogP contribution >= 0.6 is 0 Å². The Bertz CT molecular complexity index is 219. The van der Waals surface area contributed by atoms with E-state index in [1.165, 1.54) is 77.4 Å². The molecule has 2 aliphatic heterocycles. The summed E-state index contributed by atoms with van der Waals surface area (Å²) in [6.07, 6.45) is 13.2. The molecule has 1 N–H and O–H groups in total. The van der Waals surface area contributed by atoms with E-state index < -0.39 is 0 Å². The number of nitrogens with one attached hydrogen (secondary N) is 1. The molecule has 98 valence electrons. The molecule has 3 fully saturated rings. The molecule has 0 aromatic rings. The van der Waals surface area contributed by atoms with Crippen molar-refractivity contribution in [3.05, 3.63) is 0 Å². The second kappa shape index (κ2) is 5.71. The second-order valence-electron chi connectivity index (χ2n) is 6.42. The lowest BCUT2D eigenvalue weighted by molar-refractivity contribution is 0.195. The first-order valence-corrected chi connectivity index (χ1v) is 7.91. The fourth-order valence-electron chi connectivity index (χ4n) is 4.18. The van der Waals surface area contributed by atoms with Gasteiger partial charge in [0.05, 0.1) is 0 Å². The van der Waals surface area contributed by atoms with Gasteiger partial charge in [0.1, 0.15) is 0 Å². The van der Waals surface area contributed by atoms with Crippen LogP contribution in [0, 0.1) is 5.92 Å². The molecule has 3 aliphatic rings. The second-order valence-corrected chi connectivity index (χ2v) is 6.42. The first-order chi connectivity index (χ1) is 8.43. The van der Waals surface area contributed by atoms with E-state index in [9.17, 15) is 0 Å². The van der Waals surface area contributed by atoms with Crippen LogP contribution in [0.5, 0.6) is 0 Å². The number of hydrogen-bond acceptors (Lipinski definition) is 2. The van der Waals surface area contributed by atoms with Crippen molar-refractivity contribution in [2.45, 2.75) is 69.9 Å². The van der Waals surface area contributed by atoms with Gasteiger partial charge in [-0.15, -0.1) is 0 Å². The quantitative estimate of drug-likeness (QED) is 0.753. The number of piperidine rings is 1. The first-order valence-electron chi connectivity index (χ1n) is 7.91. The molecular weight excluding hydrogens is 208 g/mol. The molecule has 1 aliphatic carbocycles. The predicted molar refractivity (Wildman–Crippen MR) is 72.2 cm³/mol. The van der Waals surface area contributed by atoms with Gasteiger partial charge in [-0.05, 0) is 38.1 Å². The Morgan fingerprint density at radius 3 is 2.29 bits per heavy atom. The SMILES string of the molecule is C1CCCC(N2CC3CCCNC3C2)CCC1. The highest BCUT2D eigenvalue weighted by Crippen LogP contribution is 2.30. The average molecular weight is 236 g/mol. The molecule has 0 radical (unpaired) electrons. The lowest BCUT2D eigenvalue weighted by atomic mass is 9.94. The summed E-state index contributed by atoms with van der Waals surface area (Å²) < 4.78 is 0. The van der Waals surface area contributed by atoms with Crippen molar-refractivity contribution < 1.29 is 0 Å². The summed E-state index contributed by atoms with van der Waals surface area (Å²) >= 11 is 0. The molecule has 17 heavy (non-hydrogen) atoms. The van der Waals surface area contributed by atoms with E-state index in [1.54, 1.807) is 0 Å². The van der Waals surface area contributed by atoms with Crippen LogP contribution in [0.15, 0.2) is 0 Å². The Labute approximate surface area is 106 Å². The zero-order valence-electron chi connectivity index (χ0n) is 11.2. The van der Waals surface area contributed by atoms with Crippen LogP contribution in [-0.2, 0) is 0 Å². The number of likely N-dealkylation sites (tertiary alicyclic amines) is 1. The first kappa shape index (κ1) is 12.0. The number of rotatable bonds is 1. The van der Waals surface area contributed by atoms with Crippen LogP contribution in [0.3, 0.4) is 0 Å². The molecule has 0 spiro atoms. The fraction of sp³-hybridized carbons (Fsp3) is 1.00. The van der Waals surface area contributed by atoms with Gasteiger partial charge in [0.25, 0.3) is 0 Å². The zero-order chi connectivity index (χ0) is 11.5. The molecule has 2 unspecified atom stereocenters. The number of nitrogens with zero attached hydrogens (tertiary/aromatic N) is 1. The van der Waals surface area contributed by atoms with Gasteiger partial charge in [-0.25, -0.2) is 0 Å². The van der Waals surface area contributed by atoms with Crippen molar-refractivity contribution in [1.82, 2.24) is 10.2 Å². The summed E-state index contributed by atoms with van der Waals surface area (Å²) in [4.78, 5) is 2.83. The maximum absolute atomic E-state index is 3.74. The topological polar surface area (TPSA) is 15.3 Å². The molecule has 2 heterocycles. The van der Waals surface area contributed by atoms with Crippen molar-refractivity contribution in [1.29, 1.82) is 0 Å². The molecule has 3 rings (SSSR count). The minimum atomic E-state index is 0.828. The van der Waals surface area contributed by atoms with Crippen molar-refractivity contribution in [2.75, 3.05) is 19.6 Å². The Morgan fingerprint density at radius 2 is 1.53 bits per heavy atom. The monoisotopic (exact) mass is 236 g/mol. The Hall–Kier alpha value is -0.0800. The molecule has 2 saturated heterocycles. The van der Waals surface area contributed by atoms with Gasteiger partial charge in [0.15, 0.2) is 0 Å². The maximum Gasteiger partial charge on any atom is 0.0235 e. The summed E-state index contributed by atoms with van der Waals surface area (Å²) in [6.45, 7) is 4.00. The molecule has 0 aromatic carbocycles. The van der Waals surface area contributed by atoms with E-state index in [4.69, 9.17) is 0 Å². The minimum Gasteiger partial charge on any atom is -0.312 e. The van der Waals surface area contributed by atoms with Crippen LogP contribution in [0.1, 0.15) is 57.8 Å². The van der Waals surface area contributed by atoms with Crippen LogP contribution in [-0.4, -0.2) is 36.6 Å². The van der Waals surface area contributed by atoms with Gasteiger partial charge >= 0.3 is 0 Å². The normalized spacial score (nSPS) is 37.4. The van der Waals surface area contributed by atoms with Gasteiger partial charge in [0, 0.05) is 25.2 Å². The molecule has 2 nitrogen and oxygen atoms in total. The summed E-state index contributed by atoms with van der Waals surface area (Å²) in [5.41, 5.74) is 0. The number of hydrogen-bond donors (Lipinski definition) is 1. The molecule has 2 atom stereocenters. The zero-order valence-corrected chi connectivity index (χ0v) is 11.2. The average Bonchev–Trinajstić information content (AvgIpc) is 2.71. The third-order valence-corrected chi connectivity index (χ3v) is 5.22. The van der Waals surface area contributed by atoms with Crippen molar-refractivity contribution in [2.24, 2.45) is 5.92 Å². The van der Waals surface area contributed by atoms with Gasteiger partial charge in [-0.2, -0.15) is 0 Å². The van der Waals surface area contributed by atoms with Crippen LogP contribution in [0.4, 0.5) is 0 Å². The third-order valence-electron chi connectivity index (χ3n) is 5.22. The van der Waals surface area contributed by atoms with Gasteiger partial charge in [-0.1, -0.05) is 32.1 Å². The molecule has 0 amide bonds. The van der Waals surface area contributed by atoms with Crippen molar-refractivity contribution in [3.8, 4) is 0 Å². The molecule has 0 bridgehead atoms. The van der Waals surface area contributed by atoms with Crippen molar-refractivity contribution >= 4 is 0 Å². The Balaban J connectivity index is 1.56. The number of fused-ring (bicyclic) bond motifs is 1. The highest BCUT2D eigenvalue weighted by molar-refractivity contribution is 4.94. The summed E-state index contributed by atoms with van der Waals surface area (Å²) in [5.74, 6) is 0.967. The molecule has 1 saturated carbocycles. The molecule has 2 heteroatoms. The Kier molecular flexibility index (Phi) is 4.02. The van der Waals surface area contributed by atoms with Gasteiger partial charge in [-0.3, -0.25) is 4.90 Å². The molecule has 0 aromatic heterocycles. The van der Waals surface area contributed by atoms with E-state index in [2.05, 4.69) is 10.2 Å². The largest absolute Gasteiger partial charge is 0.312 e. The summed E-state index contributed by atoms with van der Waals surface area (Å²) in [5, 5.41) is 3.74. The standard InChI is InChI=1S/C15H28N2/c1-2-4-8-14(9-5-3-1)17-11-13-7-6-10-16-15(13)12-17/h13-16H,1-12H2. The predicted octanol–water partition coefficient (Wildman–Crippen LogP) is 2.78. The highest BCUT2D eigenvalue weighted by Gasteiger charge is 2.36. The van der Waals surface area contributed by atoms with Gasteiger partial charge in [0.2, 0.25) is 0 Å². The van der Waals surface area contributed by atoms with Crippen LogP contribution < -0.4 is 5.32 Å². The van der Waals surface area contributed by atoms with Crippen LogP contribution in [0.2, 0.25) is 0 Å². The van der Waals surface area contributed by atoms with E-state index in [-0.39, 0.29) is 0 Å². The van der Waals surface area contributed by atoms with Gasteiger partial charge < -0.3 is 5.32 Å². The lowest BCUT2D eigenvalue weighted by Gasteiger charge is -2.29. The summed E-state index contributed by atoms with van der Waals surface area (Å²) in [7, 11) is 0. The smallest absolute Gasteiger partial charge is 0.0235 e. The maximum atomic E-state index is 3.74. The Morgan fingerprint density at radius 1 is 0.765 bits per heavy atom. The lowest BCUT2D eigenvalue weighted by Crippen LogP contribution is -2.41. The van der Waals surface area contributed by atoms with E-state index in [1.807, 2.05) is 0 Å². The fourth-order valence-corrected chi connectivity index (χ4v) is 4.18. The highest BCUT2D eigenvalue weighted by atomic mass is 15.2. The molecular formula is C15H28N2. The van der Waals surface area contributed by atoms with Crippen LogP contribution in [0.25, 0.3) is 0 Å². The van der Waals surface area contributed by atoms with E-state index >= 15 is 0 Å².